The van der Waals surface area contributed by atoms with E-state index in [1.807, 2.05) is 6.92 Å². The van der Waals surface area contributed by atoms with Gasteiger partial charge in [0.05, 0.1) is 23.2 Å². The molecule has 180 valence electrons. The van der Waals surface area contributed by atoms with Crippen molar-refractivity contribution in [1.29, 1.82) is 0 Å². The van der Waals surface area contributed by atoms with Gasteiger partial charge >= 0.3 is 0 Å². The molecule has 1 atom stereocenters. The number of ketones is 1. The van der Waals surface area contributed by atoms with Crippen molar-refractivity contribution < 1.29 is 23.8 Å². The zero-order valence-corrected chi connectivity index (χ0v) is 20.3. The monoisotopic (exact) mass is 513 g/mol. The van der Waals surface area contributed by atoms with Crippen LogP contribution < -0.4 is 4.74 Å². The maximum atomic E-state index is 13.3. The molecule has 1 aliphatic rings. The normalized spacial score (nSPS) is 17.1. The molecule has 1 fully saturated rings. The fraction of sp³-hybridized carbons (Fsp3) is 0.185. The average molecular weight is 514 g/mol. The van der Waals surface area contributed by atoms with E-state index in [0.717, 1.165) is 5.56 Å². The molecule has 0 bridgehead atoms. The van der Waals surface area contributed by atoms with Crippen LogP contribution >= 0.6 is 23.2 Å². The Balaban J connectivity index is 1.79. The summed E-state index contributed by atoms with van der Waals surface area (Å²) in [5, 5.41) is 12.0. The molecule has 0 saturated carbocycles. The van der Waals surface area contributed by atoms with E-state index in [-0.39, 0.29) is 34.3 Å². The zero-order valence-electron chi connectivity index (χ0n) is 18.8. The second-order valence-corrected chi connectivity index (χ2v) is 8.84. The van der Waals surface area contributed by atoms with E-state index < -0.39 is 17.7 Å². The molecule has 8 heteroatoms. The number of aliphatic hydroxyl groups is 1. The summed E-state index contributed by atoms with van der Waals surface area (Å²) in [6.45, 7) is 2.40. The average Bonchev–Trinajstić information content (AvgIpc) is 3.10. The molecular weight excluding hydrogens is 492 g/mol. The van der Waals surface area contributed by atoms with E-state index in [0.29, 0.717) is 29.4 Å². The Kier molecular flexibility index (Phi) is 7.43. The second kappa shape index (κ2) is 10.5. The fourth-order valence-corrected chi connectivity index (χ4v) is 4.42. The van der Waals surface area contributed by atoms with Gasteiger partial charge in [0.1, 0.15) is 17.3 Å². The number of ether oxygens (including phenoxy) is 1. The Hall–Kier alpha value is -3.35. The molecule has 1 saturated heterocycles. The number of halogens is 3. The van der Waals surface area contributed by atoms with E-state index in [4.69, 9.17) is 27.9 Å². The van der Waals surface area contributed by atoms with Crippen LogP contribution in [0.5, 0.6) is 5.75 Å². The minimum absolute atomic E-state index is 0.0769. The number of Topliss-reactive ketones (excluding diaryl/α,β-unsaturated/α-hetero) is 1. The summed E-state index contributed by atoms with van der Waals surface area (Å²) in [5.41, 5.74) is 1.52. The molecule has 35 heavy (non-hydrogen) atoms. The first kappa shape index (κ1) is 24.8. The zero-order chi connectivity index (χ0) is 25.1. The summed E-state index contributed by atoms with van der Waals surface area (Å²) in [4.78, 5) is 27.7. The third-order valence-electron chi connectivity index (χ3n) is 5.78. The number of hydrogen-bond acceptors (Lipinski definition) is 4. The summed E-state index contributed by atoms with van der Waals surface area (Å²) in [5.74, 6) is -1.85. The van der Waals surface area contributed by atoms with Crippen LogP contribution in [0.15, 0.2) is 72.3 Å². The minimum Gasteiger partial charge on any atom is -0.507 e. The number of amides is 1. The lowest BCUT2D eigenvalue weighted by Crippen LogP contribution is -2.31. The van der Waals surface area contributed by atoms with E-state index in [9.17, 15) is 19.1 Å². The van der Waals surface area contributed by atoms with Crippen LogP contribution in [0.3, 0.4) is 0 Å². The van der Waals surface area contributed by atoms with Crippen LogP contribution in [0.2, 0.25) is 10.0 Å². The number of carbonyl (C=O) groups is 2. The van der Waals surface area contributed by atoms with Gasteiger partial charge in [-0.05, 0) is 66.9 Å². The first-order valence-corrected chi connectivity index (χ1v) is 11.8. The molecule has 3 aromatic rings. The van der Waals surface area contributed by atoms with Gasteiger partial charge in [0.2, 0.25) is 0 Å². The Morgan fingerprint density at radius 2 is 1.71 bits per heavy atom. The van der Waals surface area contributed by atoms with Crippen LogP contribution in [0.1, 0.15) is 29.7 Å². The lowest BCUT2D eigenvalue weighted by Gasteiger charge is -2.25. The van der Waals surface area contributed by atoms with Gasteiger partial charge in [-0.2, -0.15) is 0 Å². The van der Waals surface area contributed by atoms with Gasteiger partial charge < -0.3 is 14.7 Å². The Morgan fingerprint density at radius 1 is 1.03 bits per heavy atom. The third-order valence-corrected chi connectivity index (χ3v) is 6.37. The fourth-order valence-electron chi connectivity index (χ4n) is 4.09. The molecule has 1 aliphatic heterocycles. The number of likely N-dealkylation sites (tertiary alicyclic amines) is 1. The molecule has 1 N–H and O–H groups in total. The van der Waals surface area contributed by atoms with E-state index in [2.05, 4.69) is 0 Å². The molecular formula is C27H22Cl2FNO4. The van der Waals surface area contributed by atoms with Gasteiger partial charge in [-0.25, -0.2) is 4.39 Å². The number of hydrogen-bond donors (Lipinski definition) is 1. The van der Waals surface area contributed by atoms with Gasteiger partial charge in [-0.15, -0.1) is 0 Å². The number of aliphatic hydroxyl groups excluding tert-OH is 1. The topological polar surface area (TPSA) is 66.8 Å². The largest absolute Gasteiger partial charge is 0.507 e. The highest BCUT2D eigenvalue weighted by molar-refractivity contribution is 6.47. The maximum Gasteiger partial charge on any atom is 0.295 e. The first-order valence-electron chi connectivity index (χ1n) is 11.0. The van der Waals surface area contributed by atoms with E-state index in [1.54, 1.807) is 48.5 Å². The quantitative estimate of drug-likeness (QED) is 0.232. The standard InChI is InChI=1S/C27H22Cl2FNO4/c1-2-35-20-11-12-22(29)21(15-20)25(32)23-24(17-5-7-18(28)8-6-17)31(27(34)26(23)33)14-13-16-3-9-19(30)10-4-16/h3-12,15,24,32H,2,13-14H2,1H3/b25-23+. The van der Waals surface area contributed by atoms with Gasteiger partial charge in [0, 0.05) is 17.1 Å². The highest BCUT2D eigenvalue weighted by atomic mass is 35.5. The SMILES string of the molecule is CCOc1ccc(Cl)c(/C(O)=C2\C(=O)C(=O)N(CCc3ccc(F)cc3)C2c2ccc(Cl)cc2)c1. The molecule has 3 aromatic carbocycles. The Labute approximate surface area is 212 Å². The first-order chi connectivity index (χ1) is 16.8. The van der Waals surface area contributed by atoms with E-state index in [1.165, 1.54) is 23.1 Å². The second-order valence-electron chi connectivity index (χ2n) is 8.00. The molecule has 0 aromatic heterocycles. The van der Waals surface area contributed by atoms with E-state index >= 15 is 0 Å². The molecule has 1 unspecified atom stereocenters. The highest BCUT2D eigenvalue weighted by Gasteiger charge is 2.46. The van der Waals surface area contributed by atoms with Crippen molar-refractivity contribution in [2.24, 2.45) is 0 Å². The van der Waals surface area contributed by atoms with Crippen molar-refractivity contribution in [3.05, 3.63) is 105 Å². The number of rotatable bonds is 7. The third kappa shape index (κ3) is 5.19. The van der Waals surface area contributed by atoms with Gasteiger partial charge in [0.15, 0.2) is 0 Å². The number of benzene rings is 3. The van der Waals surface area contributed by atoms with Crippen molar-refractivity contribution in [2.45, 2.75) is 19.4 Å². The summed E-state index contributed by atoms with van der Waals surface area (Å²) in [6, 6.07) is 16.5. The number of nitrogens with zero attached hydrogens (tertiary/aromatic N) is 1. The van der Waals surface area contributed by atoms with Crippen LogP contribution in [0.4, 0.5) is 4.39 Å². The van der Waals surface area contributed by atoms with Gasteiger partial charge in [0.25, 0.3) is 11.7 Å². The molecule has 0 radical (unpaired) electrons. The minimum atomic E-state index is -0.862. The summed E-state index contributed by atoms with van der Waals surface area (Å²) in [6.07, 6.45) is 0.387. The molecule has 1 amide bonds. The lowest BCUT2D eigenvalue weighted by molar-refractivity contribution is -0.139. The van der Waals surface area contributed by atoms with Crippen molar-refractivity contribution in [3.63, 3.8) is 0 Å². The van der Waals surface area contributed by atoms with Crippen molar-refractivity contribution in [2.75, 3.05) is 13.2 Å². The van der Waals surface area contributed by atoms with Gasteiger partial charge in [-0.3, -0.25) is 9.59 Å². The molecule has 4 rings (SSSR count). The molecule has 0 spiro atoms. The van der Waals surface area contributed by atoms with Crippen LogP contribution in [-0.2, 0) is 16.0 Å². The van der Waals surface area contributed by atoms with Crippen molar-refractivity contribution in [1.82, 2.24) is 4.90 Å². The smallest absolute Gasteiger partial charge is 0.295 e. The predicted octanol–water partition coefficient (Wildman–Crippen LogP) is 6.20. The molecule has 5 nitrogen and oxygen atoms in total. The van der Waals surface area contributed by atoms with Crippen LogP contribution in [0, 0.1) is 5.82 Å². The predicted molar refractivity (Wildman–Crippen MR) is 133 cm³/mol. The molecule has 1 heterocycles. The number of carbonyl (C=O) groups excluding carboxylic acids is 2. The molecule has 0 aliphatic carbocycles. The highest BCUT2D eigenvalue weighted by Crippen LogP contribution is 2.41. The Morgan fingerprint density at radius 3 is 2.37 bits per heavy atom. The Bertz CT molecular complexity index is 1290. The van der Waals surface area contributed by atoms with Crippen molar-refractivity contribution >= 4 is 40.7 Å². The summed E-state index contributed by atoms with van der Waals surface area (Å²) < 4.78 is 18.8. The maximum absolute atomic E-state index is 13.3. The van der Waals surface area contributed by atoms with Crippen molar-refractivity contribution in [3.8, 4) is 5.75 Å². The van der Waals surface area contributed by atoms with Crippen LogP contribution in [0.25, 0.3) is 5.76 Å². The summed E-state index contributed by atoms with van der Waals surface area (Å²) >= 11 is 12.4. The lowest BCUT2D eigenvalue weighted by atomic mass is 9.95. The summed E-state index contributed by atoms with van der Waals surface area (Å²) in [7, 11) is 0. The van der Waals surface area contributed by atoms with Crippen LogP contribution in [-0.4, -0.2) is 34.8 Å². The van der Waals surface area contributed by atoms with Gasteiger partial charge in [-0.1, -0.05) is 47.5 Å².